The van der Waals surface area contributed by atoms with Crippen LogP contribution in [0.3, 0.4) is 0 Å². The third-order valence-electron chi connectivity index (χ3n) is 5.42. The lowest BCUT2D eigenvalue weighted by Gasteiger charge is -2.39. The summed E-state index contributed by atoms with van der Waals surface area (Å²) in [6, 6.07) is 9.86. The van der Waals surface area contributed by atoms with Gasteiger partial charge < -0.3 is 19.5 Å². The average molecular weight is 383 g/mol. The number of methoxy groups -OCH3 is 2. The van der Waals surface area contributed by atoms with E-state index in [1.807, 2.05) is 12.1 Å². The number of hydrogen-bond donors (Lipinski definition) is 1. The number of rotatable bonds is 4. The molecular weight excluding hydrogens is 361 g/mol. The Hall–Kier alpha value is -2.93. The molecule has 4 rings (SSSR count). The van der Waals surface area contributed by atoms with E-state index in [1.54, 1.807) is 32.5 Å². The maximum absolute atomic E-state index is 13.2. The van der Waals surface area contributed by atoms with E-state index < -0.39 is 5.60 Å². The number of piperidine rings is 1. The summed E-state index contributed by atoms with van der Waals surface area (Å²) in [5, 5.41) is 21.3. The van der Waals surface area contributed by atoms with Crippen LogP contribution in [-0.2, 0) is 5.60 Å². The third-order valence-corrected chi connectivity index (χ3v) is 5.42. The first-order valence-corrected chi connectivity index (χ1v) is 9.15. The van der Waals surface area contributed by atoms with Gasteiger partial charge in [0.2, 0.25) is 0 Å². The number of halogens is 1. The predicted molar refractivity (Wildman–Crippen MR) is 104 cm³/mol. The fraction of sp³-hybridized carbons (Fsp3) is 0.333. The van der Waals surface area contributed by atoms with Crippen LogP contribution in [0.4, 0.5) is 10.2 Å². The first-order chi connectivity index (χ1) is 13.5. The molecule has 0 saturated carbocycles. The summed E-state index contributed by atoms with van der Waals surface area (Å²) in [7, 11) is 3.20. The predicted octanol–water partition coefficient (Wildman–Crippen LogP) is 3.27. The van der Waals surface area contributed by atoms with Gasteiger partial charge in [0.15, 0.2) is 17.3 Å². The van der Waals surface area contributed by atoms with Crippen LogP contribution in [-0.4, -0.2) is 42.6 Å². The van der Waals surface area contributed by atoms with Gasteiger partial charge in [0.25, 0.3) is 0 Å². The molecule has 0 bridgehead atoms. The van der Waals surface area contributed by atoms with Crippen LogP contribution >= 0.6 is 0 Å². The molecule has 6 nitrogen and oxygen atoms in total. The molecule has 1 N–H and O–H groups in total. The quantitative estimate of drug-likeness (QED) is 0.746. The zero-order valence-corrected chi connectivity index (χ0v) is 15.9. The van der Waals surface area contributed by atoms with Gasteiger partial charge in [0, 0.05) is 23.9 Å². The first-order valence-electron chi connectivity index (χ1n) is 9.15. The molecule has 1 aliphatic heterocycles. The number of hydrogen-bond acceptors (Lipinski definition) is 6. The molecule has 146 valence electrons. The van der Waals surface area contributed by atoms with Gasteiger partial charge in [-0.05, 0) is 42.7 Å². The van der Waals surface area contributed by atoms with Crippen molar-refractivity contribution in [3.05, 3.63) is 54.0 Å². The van der Waals surface area contributed by atoms with Crippen LogP contribution in [0, 0.1) is 5.82 Å². The lowest BCUT2D eigenvalue weighted by Crippen LogP contribution is -2.43. The zero-order chi connectivity index (χ0) is 19.7. The first kappa shape index (κ1) is 18.4. The van der Waals surface area contributed by atoms with Crippen LogP contribution in [0.1, 0.15) is 18.4 Å². The third kappa shape index (κ3) is 3.22. The van der Waals surface area contributed by atoms with E-state index >= 15 is 0 Å². The summed E-state index contributed by atoms with van der Waals surface area (Å²) in [5.41, 5.74) is -0.229. The molecule has 1 aromatic heterocycles. The van der Waals surface area contributed by atoms with Crippen LogP contribution in [0.2, 0.25) is 0 Å². The van der Waals surface area contributed by atoms with Gasteiger partial charge in [0.1, 0.15) is 5.82 Å². The number of aromatic nitrogens is 2. The molecule has 1 aliphatic rings. The highest BCUT2D eigenvalue weighted by atomic mass is 19.1. The molecule has 2 aromatic carbocycles. The highest BCUT2D eigenvalue weighted by molar-refractivity contribution is 5.94. The molecule has 0 spiro atoms. The molecule has 0 radical (unpaired) electrons. The Morgan fingerprint density at radius 1 is 1.04 bits per heavy atom. The average Bonchev–Trinajstić information content (AvgIpc) is 2.73. The summed E-state index contributed by atoms with van der Waals surface area (Å²) in [4.78, 5) is 2.11. The highest BCUT2D eigenvalue weighted by Crippen LogP contribution is 2.38. The largest absolute Gasteiger partial charge is 0.493 e. The van der Waals surface area contributed by atoms with Crippen LogP contribution < -0.4 is 14.4 Å². The minimum atomic E-state index is -0.969. The Labute approximate surface area is 162 Å². The van der Waals surface area contributed by atoms with Crippen LogP contribution in [0.15, 0.2) is 42.6 Å². The molecule has 28 heavy (non-hydrogen) atoms. The van der Waals surface area contributed by atoms with Crippen LogP contribution in [0.5, 0.6) is 11.5 Å². The zero-order valence-electron chi connectivity index (χ0n) is 15.9. The molecule has 0 atom stereocenters. The smallest absolute Gasteiger partial charge is 0.161 e. The van der Waals surface area contributed by atoms with Gasteiger partial charge in [-0.1, -0.05) is 12.1 Å². The van der Waals surface area contributed by atoms with Gasteiger partial charge in [-0.2, -0.15) is 5.10 Å². The minimum Gasteiger partial charge on any atom is -0.493 e. The number of nitrogens with zero attached hydrogens (tertiary/aromatic N) is 3. The van der Waals surface area contributed by atoms with Crippen molar-refractivity contribution in [2.45, 2.75) is 18.4 Å². The van der Waals surface area contributed by atoms with E-state index in [-0.39, 0.29) is 5.82 Å². The van der Waals surface area contributed by atoms with E-state index in [0.29, 0.717) is 37.4 Å². The summed E-state index contributed by atoms with van der Waals surface area (Å²) in [6.45, 7) is 1.21. The number of anilines is 1. The van der Waals surface area contributed by atoms with E-state index in [1.165, 1.54) is 12.1 Å². The van der Waals surface area contributed by atoms with Crippen molar-refractivity contribution in [1.82, 2.24) is 10.2 Å². The molecule has 1 fully saturated rings. The Bertz CT molecular complexity index is 986. The molecule has 3 aromatic rings. The second-order valence-electron chi connectivity index (χ2n) is 6.99. The molecule has 1 saturated heterocycles. The normalized spacial score (nSPS) is 16.2. The van der Waals surface area contributed by atoms with E-state index in [4.69, 9.17) is 9.47 Å². The van der Waals surface area contributed by atoms with Gasteiger partial charge in [-0.25, -0.2) is 4.39 Å². The van der Waals surface area contributed by atoms with E-state index in [9.17, 15) is 9.50 Å². The van der Waals surface area contributed by atoms with Crippen molar-refractivity contribution < 1.29 is 19.0 Å². The van der Waals surface area contributed by atoms with Crippen molar-refractivity contribution in [3.8, 4) is 11.5 Å². The second-order valence-corrected chi connectivity index (χ2v) is 6.99. The van der Waals surface area contributed by atoms with Gasteiger partial charge >= 0.3 is 0 Å². The van der Waals surface area contributed by atoms with Crippen molar-refractivity contribution >= 4 is 16.6 Å². The Balaban J connectivity index is 1.62. The van der Waals surface area contributed by atoms with Crippen molar-refractivity contribution in [3.63, 3.8) is 0 Å². The number of aliphatic hydroxyl groups is 1. The Morgan fingerprint density at radius 3 is 2.32 bits per heavy atom. The van der Waals surface area contributed by atoms with Gasteiger partial charge in [-0.3, -0.25) is 0 Å². The lowest BCUT2D eigenvalue weighted by atomic mass is 9.84. The molecule has 0 amide bonds. The fourth-order valence-electron chi connectivity index (χ4n) is 3.77. The number of fused-ring (bicyclic) bond motifs is 1. The van der Waals surface area contributed by atoms with Crippen molar-refractivity contribution in [2.75, 3.05) is 32.2 Å². The number of ether oxygens (including phenoxy) is 2. The van der Waals surface area contributed by atoms with Gasteiger partial charge in [0.05, 0.1) is 26.0 Å². The molecule has 0 unspecified atom stereocenters. The standard InChI is InChI=1S/C21H22FN3O3/c1-27-18-11-14-13-23-24-20(17(14)12-19(18)28-2)25-9-7-21(26,8-10-25)15-3-5-16(22)6-4-15/h3-6,11-13,26H,7-10H2,1-2H3. The lowest BCUT2D eigenvalue weighted by molar-refractivity contribution is 0.0116. The van der Waals surface area contributed by atoms with Crippen LogP contribution in [0.25, 0.3) is 10.8 Å². The maximum Gasteiger partial charge on any atom is 0.161 e. The summed E-state index contributed by atoms with van der Waals surface area (Å²) >= 11 is 0. The minimum absolute atomic E-state index is 0.305. The van der Waals surface area contributed by atoms with Gasteiger partial charge in [-0.15, -0.1) is 5.10 Å². The van der Waals surface area contributed by atoms with Crippen molar-refractivity contribution in [2.24, 2.45) is 0 Å². The Morgan fingerprint density at radius 2 is 1.68 bits per heavy atom. The number of benzene rings is 2. The summed E-state index contributed by atoms with van der Waals surface area (Å²) < 4.78 is 24.0. The second kappa shape index (κ2) is 7.24. The molecule has 2 heterocycles. The maximum atomic E-state index is 13.2. The van der Waals surface area contributed by atoms with E-state index in [0.717, 1.165) is 22.2 Å². The molecule has 0 aliphatic carbocycles. The SMILES string of the molecule is COc1cc2cnnc(N3CCC(O)(c4ccc(F)cc4)CC3)c2cc1OC. The van der Waals surface area contributed by atoms with E-state index in [2.05, 4.69) is 15.1 Å². The topological polar surface area (TPSA) is 67.7 Å². The Kier molecular flexibility index (Phi) is 4.77. The fourth-order valence-corrected chi connectivity index (χ4v) is 3.77. The highest BCUT2D eigenvalue weighted by Gasteiger charge is 2.35. The summed E-state index contributed by atoms with van der Waals surface area (Å²) in [5.74, 6) is 1.71. The molecule has 7 heteroatoms. The van der Waals surface area contributed by atoms with Crippen molar-refractivity contribution in [1.29, 1.82) is 0 Å². The molecular formula is C21H22FN3O3. The summed E-state index contributed by atoms with van der Waals surface area (Å²) in [6.07, 6.45) is 2.73. The monoisotopic (exact) mass is 383 g/mol.